The van der Waals surface area contributed by atoms with E-state index in [2.05, 4.69) is 39.0 Å². The van der Waals surface area contributed by atoms with Gasteiger partial charge in [-0.2, -0.15) is 0 Å². The van der Waals surface area contributed by atoms with E-state index >= 15 is 0 Å². The van der Waals surface area contributed by atoms with Crippen LogP contribution in [0.3, 0.4) is 0 Å². The lowest BCUT2D eigenvalue weighted by Crippen LogP contribution is -2.36. The molecule has 20 heavy (non-hydrogen) atoms. The first kappa shape index (κ1) is 15.4. The number of ether oxygens (including phenoxy) is 1. The average molecular weight is 275 g/mol. The molecule has 0 amide bonds. The number of hydrogen-bond donors (Lipinski definition) is 1. The summed E-state index contributed by atoms with van der Waals surface area (Å²) in [4.78, 5) is 0. The van der Waals surface area contributed by atoms with E-state index in [0.29, 0.717) is 11.3 Å². The summed E-state index contributed by atoms with van der Waals surface area (Å²) >= 11 is 0. The first-order valence-corrected chi connectivity index (χ1v) is 8.03. The van der Waals surface area contributed by atoms with Crippen LogP contribution in [-0.4, -0.2) is 6.61 Å². The largest absolute Gasteiger partial charge is 0.493 e. The molecule has 1 saturated carbocycles. The van der Waals surface area contributed by atoms with Crippen molar-refractivity contribution in [1.82, 2.24) is 0 Å². The smallest absolute Gasteiger partial charge is 0.124 e. The van der Waals surface area contributed by atoms with E-state index in [4.69, 9.17) is 10.5 Å². The fourth-order valence-electron chi connectivity index (χ4n) is 3.50. The number of para-hydroxylation sites is 1. The van der Waals surface area contributed by atoms with Crippen LogP contribution in [0.5, 0.6) is 5.75 Å². The van der Waals surface area contributed by atoms with Gasteiger partial charge in [0.1, 0.15) is 5.75 Å². The Balaban J connectivity index is 2.21. The summed E-state index contributed by atoms with van der Waals surface area (Å²) in [7, 11) is 0. The Bertz CT molecular complexity index is 427. The summed E-state index contributed by atoms with van der Waals surface area (Å²) in [6, 6.07) is 8.39. The summed E-state index contributed by atoms with van der Waals surface area (Å²) < 4.78 is 5.89. The highest BCUT2D eigenvalue weighted by atomic mass is 16.5. The lowest BCUT2D eigenvalue weighted by atomic mass is 9.65. The molecule has 1 fully saturated rings. The van der Waals surface area contributed by atoms with Gasteiger partial charge in [-0.3, -0.25) is 0 Å². The Kier molecular flexibility index (Phi) is 5.09. The van der Waals surface area contributed by atoms with Crippen LogP contribution in [0.2, 0.25) is 0 Å². The molecule has 2 heteroatoms. The van der Waals surface area contributed by atoms with E-state index in [-0.39, 0.29) is 6.04 Å². The zero-order chi connectivity index (χ0) is 14.6. The molecule has 0 heterocycles. The van der Waals surface area contributed by atoms with Crippen LogP contribution in [0, 0.1) is 11.3 Å². The number of benzene rings is 1. The molecule has 0 aliphatic heterocycles. The standard InChI is InChI=1S/C18H29NO/c1-4-13-20-16-11-6-5-9-14(16)17(19)15-10-7-8-12-18(15,2)3/h5-6,9,11,15,17H,4,7-8,10,12-13,19H2,1-3H3. The quantitative estimate of drug-likeness (QED) is 0.846. The molecule has 2 unspecified atom stereocenters. The SMILES string of the molecule is CCCOc1ccccc1C(N)C1CCCCC1(C)C. The van der Waals surface area contributed by atoms with Crippen LogP contribution in [0.4, 0.5) is 0 Å². The van der Waals surface area contributed by atoms with Gasteiger partial charge >= 0.3 is 0 Å². The molecule has 0 spiro atoms. The third-order valence-corrected chi connectivity index (χ3v) is 4.76. The molecule has 1 aromatic rings. The van der Waals surface area contributed by atoms with Gasteiger partial charge in [-0.05, 0) is 36.7 Å². The molecule has 2 atom stereocenters. The molecule has 1 aliphatic carbocycles. The molecule has 0 aromatic heterocycles. The number of rotatable bonds is 5. The van der Waals surface area contributed by atoms with Crippen LogP contribution >= 0.6 is 0 Å². The molecule has 1 aliphatic rings. The van der Waals surface area contributed by atoms with Gasteiger partial charge in [-0.25, -0.2) is 0 Å². The Morgan fingerprint density at radius 2 is 2.05 bits per heavy atom. The summed E-state index contributed by atoms with van der Waals surface area (Å²) in [5.41, 5.74) is 8.15. The predicted molar refractivity (Wildman–Crippen MR) is 84.9 cm³/mol. The molecular formula is C18H29NO. The second-order valence-corrected chi connectivity index (χ2v) is 6.75. The van der Waals surface area contributed by atoms with Gasteiger partial charge in [0.25, 0.3) is 0 Å². The van der Waals surface area contributed by atoms with Crippen molar-refractivity contribution >= 4 is 0 Å². The van der Waals surface area contributed by atoms with Crippen molar-refractivity contribution in [2.45, 2.75) is 58.9 Å². The van der Waals surface area contributed by atoms with Gasteiger partial charge in [0.15, 0.2) is 0 Å². The summed E-state index contributed by atoms with van der Waals surface area (Å²) in [5.74, 6) is 1.52. The lowest BCUT2D eigenvalue weighted by Gasteiger charge is -2.42. The van der Waals surface area contributed by atoms with Gasteiger partial charge in [-0.1, -0.05) is 51.8 Å². The fraction of sp³-hybridized carbons (Fsp3) is 0.667. The molecule has 1 aromatic carbocycles. The van der Waals surface area contributed by atoms with Crippen LogP contribution < -0.4 is 10.5 Å². The van der Waals surface area contributed by atoms with Crippen molar-refractivity contribution in [2.24, 2.45) is 17.1 Å². The molecule has 2 rings (SSSR count). The van der Waals surface area contributed by atoms with Crippen molar-refractivity contribution in [3.8, 4) is 5.75 Å². The van der Waals surface area contributed by atoms with Crippen molar-refractivity contribution in [1.29, 1.82) is 0 Å². The zero-order valence-electron chi connectivity index (χ0n) is 13.2. The number of hydrogen-bond acceptors (Lipinski definition) is 2. The van der Waals surface area contributed by atoms with Gasteiger partial charge in [0.05, 0.1) is 6.61 Å². The van der Waals surface area contributed by atoms with Crippen LogP contribution in [-0.2, 0) is 0 Å². The maximum atomic E-state index is 6.64. The van der Waals surface area contributed by atoms with E-state index in [1.165, 1.54) is 31.2 Å². The maximum Gasteiger partial charge on any atom is 0.124 e. The topological polar surface area (TPSA) is 35.2 Å². The Morgan fingerprint density at radius 3 is 2.75 bits per heavy atom. The minimum absolute atomic E-state index is 0.0818. The minimum atomic E-state index is 0.0818. The normalized spacial score (nSPS) is 23.3. The third-order valence-electron chi connectivity index (χ3n) is 4.76. The van der Waals surface area contributed by atoms with E-state index in [1.54, 1.807) is 0 Å². The molecule has 0 bridgehead atoms. The van der Waals surface area contributed by atoms with Crippen molar-refractivity contribution < 1.29 is 4.74 Å². The van der Waals surface area contributed by atoms with E-state index in [9.17, 15) is 0 Å². The molecular weight excluding hydrogens is 246 g/mol. The van der Waals surface area contributed by atoms with Crippen molar-refractivity contribution in [2.75, 3.05) is 6.61 Å². The van der Waals surface area contributed by atoms with E-state index in [1.807, 2.05) is 6.07 Å². The lowest BCUT2D eigenvalue weighted by molar-refractivity contribution is 0.111. The zero-order valence-corrected chi connectivity index (χ0v) is 13.2. The molecule has 0 saturated heterocycles. The predicted octanol–water partition coefficient (Wildman–Crippen LogP) is 4.69. The highest BCUT2D eigenvalue weighted by Gasteiger charge is 2.37. The molecule has 112 valence electrons. The minimum Gasteiger partial charge on any atom is -0.493 e. The maximum absolute atomic E-state index is 6.64. The Hall–Kier alpha value is -1.02. The molecule has 2 N–H and O–H groups in total. The van der Waals surface area contributed by atoms with Crippen LogP contribution in [0.25, 0.3) is 0 Å². The second-order valence-electron chi connectivity index (χ2n) is 6.75. The monoisotopic (exact) mass is 275 g/mol. The van der Waals surface area contributed by atoms with Gasteiger partial charge in [0, 0.05) is 11.6 Å². The fourth-order valence-corrected chi connectivity index (χ4v) is 3.50. The first-order valence-electron chi connectivity index (χ1n) is 8.03. The highest BCUT2D eigenvalue weighted by molar-refractivity contribution is 5.36. The summed E-state index contributed by atoms with van der Waals surface area (Å²) in [6.45, 7) is 7.63. The average Bonchev–Trinajstić information content (AvgIpc) is 2.44. The first-order chi connectivity index (χ1) is 9.56. The number of nitrogens with two attached hydrogens (primary N) is 1. The third kappa shape index (κ3) is 3.35. The Labute approximate surface area is 123 Å². The second kappa shape index (κ2) is 6.62. The van der Waals surface area contributed by atoms with Gasteiger partial charge in [-0.15, -0.1) is 0 Å². The Morgan fingerprint density at radius 1 is 1.30 bits per heavy atom. The van der Waals surface area contributed by atoms with E-state index < -0.39 is 0 Å². The van der Waals surface area contributed by atoms with Crippen molar-refractivity contribution in [3.63, 3.8) is 0 Å². The van der Waals surface area contributed by atoms with E-state index in [0.717, 1.165) is 18.8 Å². The van der Waals surface area contributed by atoms with Crippen LogP contribution in [0.1, 0.15) is 64.5 Å². The summed E-state index contributed by atoms with van der Waals surface area (Å²) in [6.07, 6.45) is 6.18. The van der Waals surface area contributed by atoms with Gasteiger partial charge < -0.3 is 10.5 Å². The highest BCUT2D eigenvalue weighted by Crippen LogP contribution is 2.47. The summed E-state index contributed by atoms with van der Waals surface area (Å²) in [5, 5.41) is 0. The van der Waals surface area contributed by atoms with Crippen molar-refractivity contribution in [3.05, 3.63) is 29.8 Å². The van der Waals surface area contributed by atoms with Gasteiger partial charge in [0.2, 0.25) is 0 Å². The molecule has 0 radical (unpaired) electrons. The van der Waals surface area contributed by atoms with Crippen LogP contribution in [0.15, 0.2) is 24.3 Å². The molecule has 2 nitrogen and oxygen atoms in total.